The largest absolute Gasteiger partial charge is 0.355 e. The van der Waals surface area contributed by atoms with Gasteiger partial charge in [-0.25, -0.2) is 13.1 Å². The normalized spacial score (nSPS) is 17.6. The maximum absolute atomic E-state index is 10.9. The van der Waals surface area contributed by atoms with E-state index in [0.29, 0.717) is 25.1 Å². The van der Waals surface area contributed by atoms with Gasteiger partial charge in [0.05, 0.1) is 6.26 Å². The molecule has 0 spiro atoms. The fourth-order valence-corrected chi connectivity index (χ4v) is 2.72. The number of likely N-dealkylation sites (tertiary alicyclic amines) is 1. The average Bonchev–Trinajstić information content (AvgIpc) is 2.43. The molecule has 0 atom stereocenters. The van der Waals surface area contributed by atoms with E-state index in [9.17, 15) is 8.42 Å². The lowest BCUT2D eigenvalue weighted by atomic mass is 10.1. The van der Waals surface area contributed by atoms with Gasteiger partial charge in [0, 0.05) is 45.8 Å². The molecule has 3 N–H and O–H groups in total. The van der Waals surface area contributed by atoms with Crippen LogP contribution in [-0.2, 0) is 10.0 Å². The van der Waals surface area contributed by atoms with E-state index in [4.69, 9.17) is 0 Å². The van der Waals surface area contributed by atoms with Crippen LogP contribution in [0, 0.1) is 0 Å². The van der Waals surface area contributed by atoms with Crippen LogP contribution >= 0.6 is 24.0 Å². The van der Waals surface area contributed by atoms with Crippen LogP contribution in [0.4, 0.5) is 0 Å². The molecule has 0 aromatic rings. The first-order valence-electron chi connectivity index (χ1n) is 7.19. The lowest BCUT2D eigenvalue weighted by Gasteiger charge is -2.32. The minimum Gasteiger partial charge on any atom is -0.355 e. The number of halogens is 1. The van der Waals surface area contributed by atoms with Crippen molar-refractivity contribution in [3.05, 3.63) is 12.7 Å². The van der Waals surface area contributed by atoms with Crippen molar-refractivity contribution < 1.29 is 8.42 Å². The van der Waals surface area contributed by atoms with E-state index < -0.39 is 10.0 Å². The van der Waals surface area contributed by atoms with Crippen LogP contribution in [0.5, 0.6) is 0 Å². The fraction of sp³-hybridized carbons (Fsp3) is 0.769. The number of sulfonamides is 1. The van der Waals surface area contributed by atoms with Crippen LogP contribution in [0.25, 0.3) is 0 Å². The summed E-state index contributed by atoms with van der Waals surface area (Å²) in [6, 6.07) is 0.403. The van der Waals surface area contributed by atoms with Gasteiger partial charge < -0.3 is 10.6 Å². The Hall–Kier alpha value is -0.390. The number of rotatable bonds is 7. The maximum atomic E-state index is 10.9. The Balaban J connectivity index is 0.00000441. The minimum atomic E-state index is -3.13. The highest BCUT2D eigenvalue weighted by Crippen LogP contribution is 2.09. The average molecular weight is 445 g/mol. The van der Waals surface area contributed by atoms with Gasteiger partial charge in [0.1, 0.15) is 0 Å². The van der Waals surface area contributed by atoms with Gasteiger partial charge in [-0.3, -0.25) is 9.89 Å². The highest BCUT2D eigenvalue weighted by molar-refractivity contribution is 14.0. The summed E-state index contributed by atoms with van der Waals surface area (Å²) in [7, 11) is -1.42. The summed E-state index contributed by atoms with van der Waals surface area (Å²) in [6.07, 6.45) is 5.21. The first-order chi connectivity index (χ1) is 9.94. The van der Waals surface area contributed by atoms with Crippen molar-refractivity contribution in [1.82, 2.24) is 20.3 Å². The van der Waals surface area contributed by atoms with Crippen LogP contribution in [0.15, 0.2) is 17.6 Å². The molecule has 1 saturated heterocycles. The summed E-state index contributed by atoms with van der Waals surface area (Å²) >= 11 is 0. The van der Waals surface area contributed by atoms with E-state index in [1.165, 1.54) is 0 Å². The van der Waals surface area contributed by atoms with Crippen molar-refractivity contribution in [3.8, 4) is 0 Å². The lowest BCUT2D eigenvalue weighted by Crippen LogP contribution is -2.49. The zero-order valence-electron chi connectivity index (χ0n) is 13.3. The molecule has 7 nitrogen and oxygen atoms in total. The SMILES string of the molecule is C=CCN1CCC(NC(=NC)NCCNS(C)(=O)=O)CC1.I. The molecule has 0 aromatic heterocycles. The number of hydrogen-bond donors (Lipinski definition) is 3. The van der Waals surface area contributed by atoms with Crippen LogP contribution in [-0.4, -0.2) is 71.3 Å². The molecule has 0 amide bonds. The molecule has 0 saturated carbocycles. The molecule has 1 heterocycles. The first-order valence-corrected chi connectivity index (χ1v) is 9.09. The van der Waals surface area contributed by atoms with Crippen LogP contribution < -0.4 is 15.4 Å². The van der Waals surface area contributed by atoms with Gasteiger partial charge in [0.25, 0.3) is 0 Å². The molecule has 1 aliphatic heterocycles. The molecular formula is C13H28IN5O2S. The molecule has 130 valence electrons. The van der Waals surface area contributed by atoms with Gasteiger partial charge in [-0.2, -0.15) is 0 Å². The van der Waals surface area contributed by atoms with Crippen molar-refractivity contribution in [2.75, 3.05) is 46.0 Å². The van der Waals surface area contributed by atoms with Crippen molar-refractivity contribution in [3.63, 3.8) is 0 Å². The van der Waals surface area contributed by atoms with E-state index in [0.717, 1.165) is 38.7 Å². The van der Waals surface area contributed by atoms with Gasteiger partial charge in [-0.05, 0) is 12.8 Å². The van der Waals surface area contributed by atoms with E-state index in [-0.39, 0.29) is 24.0 Å². The predicted molar refractivity (Wildman–Crippen MR) is 102 cm³/mol. The maximum Gasteiger partial charge on any atom is 0.208 e. The topological polar surface area (TPSA) is 85.8 Å². The minimum absolute atomic E-state index is 0. The molecule has 1 fully saturated rings. The van der Waals surface area contributed by atoms with Crippen molar-refractivity contribution in [2.45, 2.75) is 18.9 Å². The van der Waals surface area contributed by atoms with E-state index in [1.807, 2.05) is 6.08 Å². The molecule has 1 rings (SSSR count). The molecule has 0 aliphatic carbocycles. The fourth-order valence-electron chi connectivity index (χ4n) is 2.25. The van der Waals surface area contributed by atoms with Gasteiger partial charge in [0.15, 0.2) is 5.96 Å². The summed E-state index contributed by atoms with van der Waals surface area (Å²) in [5, 5.41) is 6.48. The molecule has 22 heavy (non-hydrogen) atoms. The smallest absolute Gasteiger partial charge is 0.208 e. The Labute approximate surface area is 151 Å². The molecule has 0 bridgehead atoms. The monoisotopic (exact) mass is 445 g/mol. The summed E-state index contributed by atoms with van der Waals surface area (Å²) in [5.74, 6) is 0.715. The lowest BCUT2D eigenvalue weighted by molar-refractivity contribution is 0.225. The number of aliphatic imine (C=N–C) groups is 1. The second-order valence-corrected chi connectivity index (χ2v) is 7.01. The van der Waals surface area contributed by atoms with Gasteiger partial charge in [0.2, 0.25) is 10.0 Å². The summed E-state index contributed by atoms with van der Waals surface area (Å²) < 4.78 is 24.3. The number of hydrogen-bond acceptors (Lipinski definition) is 4. The van der Waals surface area contributed by atoms with Gasteiger partial charge in [-0.1, -0.05) is 6.08 Å². The Kier molecular flexibility index (Phi) is 11.0. The molecule has 9 heteroatoms. The molecule has 1 aliphatic rings. The van der Waals surface area contributed by atoms with E-state index >= 15 is 0 Å². The summed E-state index contributed by atoms with van der Waals surface area (Å²) in [5.41, 5.74) is 0. The molecule has 0 radical (unpaired) electrons. The highest BCUT2D eigenvalue weighted by Gasteiger charge is 2.18. The van der Waals surface area contributed by atoms with Crippen molar-refractivity contribution in [2.24, 2.45) is 4.99 Å². The number of nitrogens with one attached hydrogen (secondary N) is 3. The Morgan fingerprint density at radius 2 is 2.00 bits per heavy atom. The standard InChI is InChI=1S/C13H27N5O2S.HI/c1-4-9-18-10-5-12(6-11-18)17-13(14-2)15-7-8-16-21(3,19)20;/h4,12,16H,1,5-11H2,2-3H3,(H2,14,15,17);1H. The van der Waals surface area contributed by atoms with E-state index in [2.05, 4.69) is 31.8 Å². The predicted octanol–water partition coefficient (Wildman–Crippen LogP) is -0.0310. The third-order valence-corrected chi connectivity index (χ3v) is 4.05. The zero-order valence-corrected chi connectivity index (χ0v) is 16.5. The van der Waals surface area contributed by atoms with Gasteiger partial charge in [-0.15, -0.1) is 30.6 Å². The molecular weight excluding hydrogens is 417 g/mol. The van der Waals surface area contributed by atoms with Gasteiger partial charge >= 0.3 is 0 Å². The molecule has 0 aromatic carbocycles. The van der Waals surface area contributed by atoms with Crippen LogP contribution in [0.3, 0.4) is 0 Å². The van der Waals surface area contributed by atoms with Crippen molar-refractivity contribution in [1.29, 1.82) is 0 Å². The van der Waals surface area contributed by atoms with Crippen LogP contribution in [0.2, 0.25) is 0 Å². The number of piperidine rings is 1. The third-order valence-electron chi connectivity index (χ3n) is 3.32. The number of guanidine groups is 1. The summed E-state index contributed by atoms with van der Waals surface area (Å²) in [6.45, 7) is 7.65. The van der Waals surface area contributed by atoms with Crippen LogP contribution in [0.1, 0.15) is 12.8 Å². The quantitative estimate of drug-likeness (QED) is 0.169. The Morgan fingerprint density at radius 1 is 1.36 bits per heavy atom. The Bertz CT molecular complexity index is 447. The van der Waals surface area contributed by atoms with Crippen molar-refractivity contribution >= 4 is 40.0 Å². The molecule has 0 unspecified atom stereocenters. The second-order valence-electron chi connectivity index (χ2n) is 5.17. The first kappa shape index (κ1) is 21.6. The Morgan fingerprint density at radius 3 is 2.50 bits per heavy atom. The summed E-state index contributed by atoms with van der Waals surface area (Å²) in [4.78, 5) is 6.53. The third kappa shape index (κ3) is 9.59. The second kappa shape index (κ2) is 11.2. The number of nitrogens with zero attached hydrogens (tertiary/aromatic N) is 2. The van der Waals surface area contributed by atoms with E-state index in [1.54, 1.807) is 7.05 Å². The zero-order chi connectivity index (χ0) is 15.7. The highest BCUT2D eigenvalue weighted by atomic mass is 127.